The van der Waals surface area contributed by atoms with Crippen molar-refractivity contribution in [2.45, 2.75) is 25.8 Å². The Bertz CT molecular complexity index is 253. The van der Waals surface area contributed by atoms with E-state index in [4.69, 9.17) is 9.47 Å². The molecule has 5 heteroatoms. The van der Waals surface area contributed by atoms with E-state index in [1.54, 1.807) is 6.92 Å². The predicted molar refractivity (Wildman–Crippen MR) is 57.8 cm³/mol. The Kier molecular flexibility index (Phi) is 4.73. The fourth-order valence-electron chi connectivity index (χ4n) is 2.04. The van der Waals surface area contributed by atoms with E-state index < -0.39 is 0 Å². The van der Waals surface area contributed by atoms with E-state index in [9.17, 15) is 9.59 Å². The number of nitrogens with zero attached hydrogens (tertiary/aromatic N) is 1. The van der Waals surface area contributed by atoms with E-state index in [1.807, 2.05) is 4.90 Å². The largest absolute Gasteiger partial charge is 0.469 e. The first-order valence-electron chi connectivity index (χ1n) is 5.49. The number of likely N-dealkylation sites (tertiary alicyclic amines) is 1. The molecule has 1 aliphatic heterocycles. The molecule has 0 aromatic rings. The van der Waals surface area contributed by atoms with Gasteiger partial charge in [0.25, 0.3) is 0 Å². The lowest BCUT2D eigenvalue weighted by atomic mass is 9.97. The molecular weight excluding hydrogens is 210 g/mol. The molecule has 1 heterocycles. The predicted octanol–water partition coefficient (Wildman–Crippen LogP) is 0.433. The Balaban J connectivity index is 2.56. The highest BCUT2D eigenvalue weighted by atomic mass is 16.5. The van der Waals surface area contributed by atoms with Gasteiger partial charge in [-0.3, -0.25) is 14.5 Å². The molecule has 0 aromatic heterocycles. The molecular formula is C11H19NO4. The zero-order chi connectivity index (χ0) is 12.1. The Morgan fingerprint density at radius 2 is 2.00 bits per heavy atom. The van der Waals surface area contributed by atoms with Gasteiger partial charge in [-0.1, -0.05) is 0 Å². The molecule has 1 unspecified atom stereocenters. The second-order valence-electron chi connectivity index (χ2n) is 4.06. The molecule has 0 N–H and O–H groups in total. The van der Waals surface area contributed by atoms with Crippen LogP contribution in [-0.2, 0) is 19.1 Å². The Morgan fingerprint density at radius 1 is 1.31 bits per heavy atom. The van der Waals surface area contributed by atoms with E-state index in [2.05, 4.69) is 0 Å². The monoisotopic (exact) mass is 229 g/mol. The van der Waals surface area contributed by atoms with Gasteiger partial charge < -0.3 is 9.47 Å². The Labute approximate surface area is 95.7 Å². The van der Waals surface area contributed by atoms with Crippen LogP contribution in [0.15, 0.2) is 0 Å². The number of ether oxygens (including phenoxy) is 2. The standard InChI is InChI=1S/C11H19NO4/c1-8(10(13)15-2)12-6-4-5-9(7-12)11(14)16-3/h8-9H,4-7H2,1-3H3/t8?,9-/m0/s1. The number of hydrogen-bond donors (Lipinski definition) is 0. The molecule has 1 fully saturated rings. The van der Waals surface area contributed by atoms with Crippen molar-refractivity contribution in [3.63, 3.8) is 0 Å². The van der Waals surface area contributed by atoms with Gasteiger partial charge in [0.2, 0.25) is 0 Å². The van der Waals surface area contributed by atoms with Gasteiger partial charge in [-0.25, -0.2) is 0 Å². The molecule has 2 atom stereocenters. The normalized spacial score (nSPS) is 23.6. The molecule has 5 nitrogen and oxygen atoms in total. The first kappa shape index (κ1) is 13.0. The first-order valence-corrected chi connectivity index (χ1v) is 5.49. The summed E-state index contributed by atoms with van der Waals surface area (Å²) < 4.78 is 9.41. The van der Waals surface area contributed by atoms with Crippen LogP contribution in [-0.4, -0.2) is 50.2 Å². The minimum atomic E-state index is -0.294. The molecule has 1 aliphatic rings. The smallest absolute Gasteiger partial charge is 0.322 e. The first-order chi connectivity index (χ1) is 7.60. The van der Waals surface area contributed by atoms with Gasteiger partial charge in [0.05, 0.1) is 20.1 Å². The maximum Gasteiger partial charge on any atom is 0.322 e. The fraction of sp³-hybridized carbons (Fsp3) is 0.818. The van der Waals surface area contributed by atoms with E-state index >= 15 is 0 Å². The lowest BCUT2D eigenvalue weighted by molar-refractivity contribution is -0.152. The van der Waals surface area contributed by atoms with Crippen molar-refractivity contribution in [3.05, 3.63) is 0 Å². The van der Waals surface area contributed by atoms with E-state index in [0.717, 1.165) is 19.4 Å². The van der Waals surface area contributed by atoms with Gasteiger partial charge in [-0.15, -0.1) is 0 Å². The highest BCUT2D eigenvalue weighted by Crippen LogP contribution is 2.19. The van der Waals surface area contributed by atoms with E-state index in [0.29, 0.717) is 6.54 Å². The van der Waals surface area contributed by atoms with E-state index in [1.165, 1.54) is 14.2 Å². The summed E-state index contributed by atoms with van der Waals surface area (Å²) >= 11 is 0. The topological polar surface area (TPSA) is 55.8 Å². The van der Waals surface area contributed by atoms with Crippen LogP contribution in [0.1, 0.15) is 19.8 Å². The van der Waals surface area contributed by atoms with Gasteiger partial charge in [0.1, 0.15) is 6.04 Å². The number of rotatable bonds is 3. The van der Waals surface area contributed by atoms with Crippen LogP contribution in [0, 0.1) is 5.92 Å². The second-order valence-corrected chi connectivity index (χ2v) is 4.06. The van der Waals surface area contributed by atoms with Gasteiger partial charge >= 0.3 is 11.9 Å². The minimum absolute atomic E-state index is 0.120. The molecule has 0 bridgehead atoms. The van der Waals surface area contributed by atoms with E-state index in [-0.39, 0.29) is 23.9 Å². The fourth-order valence-corrected chi connectivity index (χ4v) is 2.04. The van der Waals surface area contributed by atoms with Crippen LogP contribution in [0.2, 0.25) is 0 Å². The van der Waals surface area contributed by atoms with Crippen molar-refractivity contribution in [1.29, 1.82) is 0 Å². The van der Waals surface area contributed by atoms with Crippen molar-refractivity contribution in [2.24, 2.45) is 5.92 Å². The third kappa shape index (κ3) is 2.95. The molecule has 0 spiro atoms. The third-order valence-electron chi connectivity index (χ3n) is 3.08. The number of carbonyl (C=O) groups excluding carboxylic acids is 2. The van der Waals surface area contributed by atoms with Gasteiger partial charge in [-0.2, -0.15) is 0 Å². The molecule has 0 aliphatic carbocycles. The van der Waals surface area contributed by atoms with Crippen molar-refractivity contribution in [3.8, 4) is 0 Å². The molecule has 0 aromatic carbocycles. The van der Waals surface area contributed by atoms with Crippen LogP contribution in [0.4, 0.5) is 0 Å². The lowest BCUT2D eigenvalue weighted by Crippen LogP contribution is -2.47. The summed E-state index contributed by atoms with van der Waals surface area (Å²) in [5, 5.41) is 0. The zero-order valence-electron chi connectivity index (χ0n) is 10.1. The van der Waals surface area contributed by atoms with Crippen LogP contribution in [0.25, 0.3) is 0 Å². The third-order valence-corrected chi connectivity index (χ3v) is 3.08. The van der Waals surface area contributed by atoms with Crippen LogP contribution < -0.4 is 0 Å². The van der Waals surface area contributed by atoms with Gasteiger partial charge in [-0.05, 0) is 26.3 Å². The molecule has 92 valence electrons. The zero-order valence-corrected chi connectivity index (χ0v) is 10.1. The molecule has 0 radical (unpaired) electrons. The summed E-state index contributed by atoms with van der Waals surface area (Å²) in [6.07, 6.45) is 1.73. The Hall–Kier alpha value is -1.10. The summed E-state index contributed by atoms with van der Waals surface area (Å²) in [6.45, 7) is 3.19. The summed E-state index contributed by atoms with van der Waals surface area (Å²) in [4.78, 5) is 24.8. The number of hydrogen-bond acceptors (Lipinski definition) is 5. The summed E-state index contributed by atoms with van der Waals surface area (Å²) in [5.41, 5.74) is 0. The minimum Gasteiger partial charge on any atom is -0.469 e. The van der Waals surface area contributed by atoms with Crippen LogP contribution >= 0.6 is 0 Å². The maximum absolute atomic E-state index is 11.4. The van der Waals surface area contributed by atoms with Crippen LogP contribution in [0.5, 0.6) is 0 Å². The SMILES string of the molecule is COC(=O)C(C)N1CCC[C@H](C(=O)OC)C1. The van der Waals surface area contributed by atoms with Crippen molar-refractivity contribution in [1.82, 2.24) is 4.90 Å². The maximum atomic E-state index is 11.4. The second kappa shape index (κ2) is 5.84. The molecule has 16 heavy (non-hydrogen) atoms. The average molecular weight is 229 g/mol. The Morgan fingerprint density at radius 3 is 2.56 bits per heavy atom. The lowest BCUT2D eigenvalue weighted by Gasteiger charge is -2.34. The van der Waals surface area contributed by atoms with Crippen molar-refractivity contribution >= 4 is 11.9 Å². The van der Waals surface area contributed by atoms with Gasteiger partial charge in [0, 0.05) is 6.54 Å². The van der Waals surface area contributed by atoms with Crippen LogP contribution in [0.3, 0.4) is 0 Å². The quantitative estimate of drug-likeness (QED) is 0.657. The molecule has 0 amide bonds. The highest BCUT2D eigenvalue weighted by molar-refractivity contribution is 5.76. The van der Waals surface area contributed by atoms with Gasteiger partial charge in [0.15, 0.2) is 0 Å². The average Bonchev–Trinajstić information content (AvgIpc) is 2.36. The molecule has 0 saturated carbocycles. The number of esters is 2. The number of carbonyl (C=O) groups is 2. The summed E-state index contributed by atoms with van der Waals surface area (Å²) in [7, 11) is 2.77. The number of methoxy groups -OCH3 is 2. The van der Waals surface area contributed by atoms with Crippen molar-refractivity contribution in [2.75, 3.05) is 27.3 Å². The molecule has 1 saturated heterocycles. The van der Waals surface area contributed by atoms with Crippen molar-refractivity contribution < 1.29 is 19.1 Å². The number of piperidine rings is 1. The summed E-state index contributed by atoms with van der Waals surface area (Å²) in [5.74, 6) is -0.571. The molecule has 1 rings (SSSR count). The highest BCUT2D eigenvalue weighted by Gasteiger charge is 2.31. The summed E-state index contributed by atoms with van der Waals surface area (Å²) in [6, 6.07) is -0.294.